The summed E-state index contributed by atoms with van der Waals surface area (Å²) in [6.45, 7) is 2.93. The van der Waals surface area contributed by atoms with Crippen LogP contribution in [0.15, 0.2) is 0 Å². The van der Waals surface area contributed by atoms with E-state index in [9.17, 15) is 5.11 Å². The molecule has 15 heavy (non-hydrogen) atoms. The zero-order valence-electron chi connectivity index (χ0n) is 9.67. The molecule has 2 aliphatic carbocycles. The predicted octanol–water partition coefficient (Wildman–Crippen LogP) is 2.50. The average Bonchev–Trinajstić information content (AvgIpc) is 2.99. The SMILES string of the molecule is CC(O)(C1CC1)C1CCOC2(CCC2)C1. The molecule has 0 aromatic rings. The third-order valence-corrected chi connectivity index (χ3v) is 4.99. The lowest BCUT2D eigenvalue weighted by molar-refractivity contribution is -0.175. The molecular formula is C13H22O2. The molecule has 2 saturated carbocycles. The maximum absolute atomic E-state index is 10.6. The summed E-state index contributed by atoms with van der Waals surface area (Å²) in [5.74, 6) is 1.07. The number of ether oxygens (including phenoxy) is 1. The summed E-state index contributed by atoms with van der Waals surface area (Å²) >= 11 is 0. The molecule has 2 atom stereocenters. The molecule has 1 N–H and O–H groups in total. The van der Waals surface area contributed by atoms with E-state index < -0.39 is 5.60 Å². The van der Waals surface area contributed by atoms with E-state index in [1.165, 1.54) is 32.1 Å². The molecular weight excluding hydrogens is 188 g/mol. The molecule has 2 nitrogen and oxygen atoms in total. The molecule has 0 bridgehead atoms. The summed E-state index contributed by atoms with van der Waals surface area (Å²) < 4.78 is 5.92. The molecule has 86 valence electrons. The van der Waals surface area contributed by atoms with Crippen molar-refractivity contribution in [2.24, 2.45) is 11.8 Å². The van der Waals surface area contributed by atoms with Crippen LogP contribution in [0.2, 0.25) is 0 Å². The van der Waals surface area contributed by atoms with Crippen LogP contribution in [0.1, 0.15) is 51.9 Å². The van der Waals surface area contributed by atoms with Crippen molar-refractivity contribution < 1.29 is 9.84 Å². The Kier molecular flexibility index (Phi) is 2.16. The van der Waals surface area contributed by atoms with Crippen molar-refractivity contribution in [3.63, 3.8) is 0 Å². The topological polar surface area (TPSA) is 29.5 Å². The predicted molar refractivity (Wildman–Crippen MR) is 58.6 cm³/mol. The van der Waals surface area contributed by atoms with Gasteiger partial charge in [0.25, 0.3) is 0 Å². The Morgan fingerprint density at radius 3 is 2.47 bits per heavy atom. The lowest BCUT2D eigenvalue weighted by Crippen LogP contribution is -2.51. The van der Waals surface area contributed by atoms with Crippen LogP contribution in [0.4, 0.5) is 0 Å². The van der Waals surface area contributed by atoms with E-state index in [-0.39, 0.29) is 5.60 Å². The molecule has 0 aromatic heterocycles. The van der Waals surface area contributed by atoms with Gasteiger partial charge in [-0.2, -0.15) is 0 Å². The lowest BCUT2D eigenvalue weighted by Gasteiger charge is -2.50. The smallest absolute Gasteiger partial charge is 0.0686 e. The fourth-order valence-corrected chi connectivity index (χ4v) is 3.45. The van der Waals surface area contributed by atoms with Crippen LogP contribution in [0.25, 0.3) is 0 Å². The molecule has 1 heterocycles. The second kappa shape index (κ2) is 3.21. The Morgan fingerprint density at radius 2 is 1.93 bits per heavy atom. The molecule has 3 fully saturated rings. The van der Waals surface area contributed by atoms with E-state index in [1.807, 2.05) is 0 Å². The first-order chi connectivity index (χ1) is 7.12. The summed E-state index contributed by atoms with van der Waals surface area (Å²) in [6.07, 6.45) is 8.41. The first-order valence-electron chi connectivity index (χ1n) is 6.49. The summed E-state index contributed by atoms with van der Waals surface area (Å²) in [5.41, 5.74) is -0.228. The Morgan fingerprint density at radius 1 is 1.20 bits per heavy atom. The van der Waals surface area contributed by atoms with E-state index in [1.54, 1.807) is 0 Å². The quantitative estimate of drug-likeness (QED) is 0.758. The van der Waals surface area contributed by atoms with Gasteiger partial charge in [0, 0.05) is 6.61 Å². The minimum absolute atomic E-state index is 0.182. The van der Waals surface area contributed by atoms with Gasteiger partial charge in [0.15, 0.2) is 0 Å². The third-order valence-electron chi connectivity index (χ3n) is 4.99. The van der Waals surface area contributed by atoms with Crippen LogP contribution < -0.4 is 0 Å². The van der Waals surface area contributed by atoms with Crippen LogP contribution >= 0.6 is 0 Å². The average molecular weight is 210 g/mol. The minimum atomic E-state index is -0.410. The number of hydrogen-bond donors (Lipinski definition) is 1. The van der Waals surface area contributed by atoms with E-state index in [0.29, 0.717) is 11.8 Å². The van der Waals surface area contributed by atoms with E-state index >= 15 is 0 Å². The monoisotopic (exact) mass is 210 g/mol. The fraction of sp³-hybridized carbons (Fsp3) is 1.00. The first-order valence-corrected chi connectivity index (χ1v) is 6.49. The van der Waals surface area contributed by atoms with Gasteiger partial charge in [-0.25, -0.2) is 0 Å². The van der Waals surface area contributed by atoms with Crippen LogP contribution in [0, 0.1) is 11.8 Å². The van der Waals surface area contributed by atoms with Crippen molar-refractivity contribution in [1.82, 2.24) is 0 Å². The number of aliphatic hydroxyl groups is 1. The summed E-state index contributed by atoms with van der Waals surface area (Å²) in [5, 5.41) is 10.6. The van der Waals surface area contributed by atoms with Gasteiger partial charge in [-0.1, -0.05) is 0 Å². The zero-order valence-corrected chi connectivity index (χ0v) is 9.67. The maximum Gasteiger partial charge on any atom is 0.0686 e. The van der Waals surface area contributed by atoms with Gasteiger partial charge in [0.05, 0.1) is 11.2 Å². The summed E-state index contributed by atoms with van der Waals surface area (Å²) in [6, 6.07) is 0. The van der Waals surface area contributed by atoms with E-state index in [0.717, 1.165) is 19.4 Å². The lowest BCUT2D eigenvalue weighted by atomic mass is 9.67. The highest BCUT2D eigenvalue weighted by atomic mass is 16.5. The highest BCUT2D eigenvalue weighted by Crippen LogP contribution is 2.52. The molecule has 0 aromatic carbocycles. The summed E-state index contributed by atoms with van der Waals surface area (Å²) in [4.78, 5) is 0. The Labute approximate surface area is 92.0 Å². The molecule has 2 heteroatoms. The molecule has 1 aliphatic heterocycles. The zero-order chi connectivity index (χ0) is 10.5. The molecule has 0 radical (unpaired) electrons. The van der Waals surface area contributed by atoms with Crippen molar-refractivity contribution in [1.29, 1.82) is 0 Å². The van der Waals surface area contributed by atoms with Crippen molar-refractivity contribution in [2.45, 2.75) is 63.1 Å². The summed E-state index contributed by atoms with van der Waals surface area (Å²) in [7, 11) is 0. The van der Waals surface area contributed by atoms with Crippen LogP contribution in [0.3, 0.4) is 0 Å². The second-order valence-corrected chi connectivity index (χ2v) is 6.07. The van der Waals surface area contributed by atoms with Crippen molar-refractivity contribution in [3.8, 4) is 0 Å². The first kappa shape index (κ1) is 10.1. The standard InChI is InChI=1S/C13H22O2/c1-12(14,10-3-4-10)11-5-8-15-13(9-11)6-2-7-13/h10-11,14H,2-9H2,1H3. The highest BCUT2D eigenvalue weighted by molar-refractivity contribution is 5.02. The Bertz CT molecular complexity index is 251. The largest absolute Gasteiger partial charge is 0.390 e. The van der Waals surface area contributed by atoms with Crippen molar-refractivity contribution in [3.05, 3.63) is 0 Å². The van der Waals surface area contributed by atoms with Gasteiger partial charge in [-0.3, -0.25) is 0 Å². The maximum atomic E-state index is 10.6. The van der Waals surface area contributed by atoms with Crippen molar-refractivity contribution in [2.75, 3.05) is 6.61 Å². The highest BCUT2D eigenvalue weighted by Gasteiger charge is 2.51. The van der Waals surface area contributed by atoms with Gasteiger partial charge < -0.3 is 9.84 Å². The minimum Gasteiger partial charge on any atom is -0.390 e. The van der Waals surface area contributed by atoms with Crippen molar-refractivity contribution >= 4 is 0 Å². The number of rotatable bonds is 2. The van der Waals surface area contributed by atoms with Crippen LogP contribution in [-0.4, -0.2) is 22.9 Å². The number of hydrogen-bond acceptors (Lipinski definition) is 2. The second-order valence-electron chi connectivity index (χ2n) is 6.07. The third kappa shape index (κ3) is 1.62. The molecule has 0 amide bonds. The normalized spacial score (nSPS) is 38.4. The Hall–Kier alpha value is -0.0800. The van der Waals surface area contributed by atoms with E-state index in [2.05, 4.69) is 6.92 Å². The fourth-order valence-electron chi connectivity index (χ4n) is 3.45. The molecule has 3 rings (SSSR count). The van der Waals surface area contributed by atoms with Gasteiger partial charge in [0.2, 0.25) is 0 Å². The molecule has 2 unspecified atom stereocenters. The van der Waals surface area contributed by atoms with Crippen LogP contribution in [0.5, 0.6) is 0 Å². The Balaban J connectivity index is 1.70. The van der Waals surface area contributed by atoms with E-state index in [4.69, 9.17) is 4.74 Å². The molecule has 1 saturated heterocycles. The van der Waals surface area contributed by atoms with Crippen LogP contribution in [-0.2, 0) is 4.74 Å². The van der Waals surface area contributed by atoms with Gasteiger partial charge >= 0.3 is 0 Å². The van der Waals surface area contributed by atoms with Gasteiger partial charge in [-0.05, 0) is 63.7 Å². The molecule has 3 aliphatic rings. The van der Waals surface area contributed by atoms with Gasteiger partial charge in [0.1, 0.15) is 0 Å². The van der Waals surface area contributed by atoms with Gasteiger partial charge in [-0.15, -0.1) is 0 Å². The molecule has 1 spiro atoms.